The van der Waals surface area contributed by atoms with E-state index in [0.29, 0.717) is 29.5 Å². The van der Waals surface area contributed by atoms with Crippen molar-refractivity contribution in [2.45, 2.75) is 88.9 Å². The molecular formula is C36H42F2N4O7S. The molecule has 268 valence electrons. The first-order valence-electron chi connectivity index (χ1n) is 16.8. The summed E-state index contributed by atoms with van der Waals surface area (Å²) >= 11 is 0. The number of ether oxygens (including phenoxy) is 1. The van der Waals surface area contributed by atoms with E-state index in [1.54, 1.807) is 24.3 Å². The van der Waals surface area contributed by atoms with Crippen LogP contribution >= 0.6 is 0 Å². The summed E-state index contributed by atoms with van der Waals surface area (Å²) in [4.78, 5) is 58.0. The number of sulfonamides is 1. The van der Waals surface area contributed by atoms with Gasteiger partial charge >= 0.3 is 6.09 Å². The summed E-state index contributed by atoms with van der Waals surface area (Å²) in [6.45, 7) is 9.39. The van der Waals surface area contributed by atoms with Crippen LogP contribution < -0.4 is 10.0 Å². The van der Waals surface area contributed by atoms with Crippen LogP contribution in [0.1, 0.15) is 63.1 Å². The van der Waals surface area contributed by atoms with Crippen LogP contribution in [0.5, 0.6) is 0 Å². The van der Waals surface area contributed by atoms with Crippen LogP contribution in [0, 0.1) is 28.9 Å². The number of carbonyl (C=O) groups is 4. The standard InChI is InChI=1S/C36H42F2N4O7S/c1-5-23-17-36(23,33(45)40-50(47,48)26-13-14-26)39-31(43)30-16-25(49-34(46)41-18-22-7-6-8-29(38)27(22)20-41)19-42(30)32(44)28(35(2,3)4)15-21-9-11-24(37)12-10-21/h5-12,23,25-26,28,30H,1,13-20H2,2-4H3,(H,39,43)(H,40,45)/t23-,25-,28-,30+,36-/m1/s1. The second kappa shape index (κ2) is 13.1. The molecule has 0 bridgehead atoms. The van der Waals surface area contributed by atoms with Crippen molar-refractivity contribution in [3.63, 3.8) is 0 Å². The van der Waals surface area contributed by atoms with Gasteiger partial charge in [-0.2, -0.15) is 0 Å². The molecule has 0 spiro atoms. The number of halogens is 2. The highest BCUT2D eigenvalue weighted by Crippen LogP contribution is 2.46. The molecule has 6 rings (SSSR count). The fourth-order valence-electron chi connectivity index (χ4n) is 6.94. The van der Waals surface area contributed by atoms with Crippen molar-refractivity contribution in [3.05, 3.63) is 83.4 Å². The lowest BCUT2D eigenvalue weighted by atomic mass is 9.76. The lowest BCUT2D eigenvalue weighted by molar-refractivity contribution is -0.145. The quantitative estimate of drug-likeness (QED) is 0.356. The molecule has 50 heavy (non-hydrogen) atoms. The molecule has 2 heterocycles. The number of hydrogen-bond donors (Lipinski definition) is 2. The minimum absolute atomic E-state index is 0.00816. The Morgan fingerprint density at radius 1 is 1.08 bits per heavy atom. The highest BCUT2D eigenvalue weighted by molar-refractivity contribution is 7.91. The van der Waals surface area contributed by atoms with Crippen LogP contribution in [-0.2, 0) is 48.7 Å². The molecule has 2 N–H and O–H groups in total. The fourth-order valence-corrected chi connectivity index (χ4v) is 8.31. The Kier molecular flexibility index (Phi) is 9.29. The van der Waals surface area contributed by atoms with Gasteiger partial charge in [-0.05, 0) is 60.4 Å². The van der Waals surface area contributed by atoms with Crippen LogP contribution in [0.15, 0.2) is 55.1 Å². The summed E-state index contributed by atoms with van der Waals surface area (Å²) in [6.07, 6.45) is 0.969. The van der Waals surface area contributed by atoms with Gasteiger partial charge in [-0.1, -0.05) is 51.1 Å². The van der Waals surface area contributed by atoms with E-state index in [-0.39, 0.29) is 38.9 Å². The number of carbonyl (C=O) groups excluding carboxylic acids is 4. The lowest BCUT2D eigenvalue weighted by Gasteiger charge is -2.35. The topological polar surface area (TPSA) is 142 Å². The second-order valence-corrected chi connectivity index (χ2v) is 16.9. The van der Waals surface area contributed by atoms with Crippen molar-refractivity contribution in [2.75, 3.05) is 6.54 Å². The number of rotatable bonds is 10. The molecule has 0 radical (unpaired) electrons. The zero-order valence-corrected chi connectivity index (χ0v) is 29.1. The Balaban J connectivity index is 1.24. The summed E-state index contributed by atoms with van der Waals surface area (Å²) in [7, 11) is -3.91. The highest BCUT2D eigenvalue weighted by atomic mass is 32.2. The van der Waals surface area contributed by atoms with Crippen molar-refractivity contribution in [1.82, 2.24) is 19.8 Å². The predicted octanol–water partition coefficient (Wildman–Crippen LogP) is 3.96. The zero-order valence-electron chi connectivity index (χ0n) is 28.3. The van der Waals surface area contributed by atoms with E-state index >= 15 is 0 Å². The lowest BCUT2D eigenvalue weighted by Crippen LogP contribution is -2.57. The third kappa shape index (κ3) is 7.12. The number of hydrogen-bond acceptors (Lipinski definition) is 7. The average molecular weight is 713 g/mol. The first-order valence-corrected chi connectivity index (χ1v) is 18.3. The number of benzene rings is 2. The summed E-state index contributed by atoms with van der Waals surface area (Å²) in [5, 5.41) is 2.08. The number of amides is 4. The highest BCUT2D eigenvalue weighted by Gasteiger charge is 2.62. The largest absolute Gasteiger partial charge is 0.444 e. The molecule has 2 aromatic rings. The molecule has 0 aromatic heterocycles. The molecule has 14 heteroatoms. The van der Waals surface area contributed by atoms with Crippen molar-refractivity contribution in [2.24, 2.45) is 17.3 Å². The maximum Gasteiger partial charge on any atom is 0.410 e. The van der Waals surface area contributed by atoms with E-state index in [1.165, 1.54) is 34.1 Å². The average Bonchev–Trinajstić information content (AvgIpc) is 3.94. The zero-order chi connectivity index (χ0) is 36.2. The molecule has 2 aliphatic carbocycles. The SMILES string of the molecule is C=C[C@@H]1C[C@]1(NC(=O)[C@@H]1C[C@@H](OC(=O)N2Cc3cccc(F)c3C2)CN1C(=O)[C@@H](Cc1ccc(F)cc1)C(C)(C)C)C(=O)NS(=O)(=O)C1CC1. The summed E-state index contributed by atoms with van der Waals surface area (Å²) < 4.78 is 61.3. The van der Waals surface area contributed by atoms with Crippen molar-refractivity contribution in [1.29, 1.82) is 0 Å². The van der Waals surface area contributed by atoms with Gasteiger partial charge in [0.15, 0.2) is 0 Å². The predicted molar refractivity (Wildman–Crippen MR) is 178 cm³/mol. The normalized spacial score (nSPS) is 25.0. The molecule has 1 saturated heterocycles. The van der Waals surface area contributed by atoms with Crippen LogP contribution in [-0.4, -0.2) is 71.5 Å². The summed E-state index contributed by atoms with van der Waals surface area (Å²) in [5.41, 5.74) is -0.428. The second-order valence-electron chi connectivity index (χ2n) is 14.9. The van der Waals surface area contributed by atoms with E-state index in [0.717, 1.165) is 0 Å². The molecule has 4 amide bonds. The third-order valence-electron chi connectivity index (χ3n) is 10.2. The molecule has 5 atom stereocenters. The molecule has 2 aliphatic heterocycles. The molecular weight excluding hydrogens is 670 g/mol. The molecule has 0 unspecified atom stereocenters. The molecule has 4 aliphatic rings. The summed E-state index contributed by atoms with van der Waals surface area (Å²) in [6, 6.07) is 9.24. The molecule has 11 nitrogen and oxygen atoms in total. The Morgan fingerprint density at radius 3 is 2.38 bits per heavy atom. The maximum atomic E-state index is 14.5. The number of nitrogens with zero attached hydrogens (tertiary/aromatic N) is 2. The van der Waals surface area contributed by atoms with Gasteiger partial charge < -0.3 is 15.0 Å². The van der Waals surface area contributed by atoms with Gasteiger partial charge in [0, 0.05) is 30.4 Å². The van der Waals surface area contributed by atoms with Gasteiger partial charge in [0.25, 0.3) is 5.91 Å². The van der Waals surface area contributed by atoms with Gasteiger partial charge in [-0.15, -0.1) is 6.58 Å². The van der Waals surface area contributed by atoms with E-state index < -0.39 is 85.7 Å². The summed E-state index contributed by atoms with van der Waals surface area (Å²) in [5.74, 6) is -4.05. The van der Waals surface area contributed by atoms with Gasteiger partial charge in [-0.3, -0.25) is 24.0 Å². The van der Waals surface area contributed by atoms with E-state index in [2.05, 4.69) is 16.6 Å². The van der Waals surface area contributed by atoms with Crippen LogP contribution in [0.3, 0.4) is 0 Å². The smallest absolute Gasteiger partial charge is 0.410 e. The van der Waals surface area contributed by atoms with Crippen LogP contribution in [0.4, 0.5) is 13.6 Å². The Morgan fingerprint density at radius 2 is 1.78 bits per heavy atom. The monoisotopic (exact) mass is 712 g/mol. The number of fused-ring (bicyclic) bond motifs is 1. The van der Waals surface area contributed by atoms with Crippen molar-refractivity contribution in [3.8, 4) is 0 Å². The Bertz CT molecular complexity index is 1830. The minimum atomic E-state index is -3.91. The van der Waals surface area contributed by atoms with E-state index in [4.69, 9.17) is 4.74 Å². The fraction of sp³-hybridized carbons (Fsp3) is 0.500. The van der Waals surface area contributed by atoms with Gasteiger partial charge in [-0.25, -0.2) is 22.0 Å². The van der Waals surface area contributed by atoms with Crippen molar-refractivity contribution >= 4 is 33.8 Å². The minimum Gasteiger partial charge on any atom is -0.444 e. The molecule has 3 fully saturated rings. The first kappa shape index (κ1) is 35.5. The van der Waals surface area contributed by atoms with Crippen LogP contribution in [0.2, 0.25) is 0 Å². The van der Waals surface area contributed by atoms with Crippen molar-refractivity contribution < 1.29 is 41.1 Å². The Labute approximate surface area is 290 Å². The Hall–Kier alpha value is -4.33. The maximum absolute atomic E-state index is 14.5. The van der Waals surface area contributed by atoms with Gasteiger partial charge in [0.05, 0.1) is 18.3 Å². The first-order chi connectivity index (χ1) is 23.5. The van der Waals surface area contributed by atoms with E-state index in [9.17, 15) is 36.4 Å². The van der Waals surface area contributed by atoms with Gasteiger partial charge in [0.1, 0.15) is 29.3 Å². The van der Waals surface area contributed by atoms with Gasteiger partial charge in [0.2, 0.25) is 21.8 Å². The number of nitrogens with one attached hydrogen (secondary N) is 2. The molecule has 2 saturated carbocycles. The van der Waals surface area contributed by atoms with E-state index in [1.807, 2.05) is 20.8 Å². The van der Waals surface area contributed by atoms with Crippen LogP contribution in [0.25, 0.3) is 0 Å². The third-order valence-corrected chi connectivity index (χ3v) is 12.1. The number of likely N-dealkylation sites (tertiary alicyclic amines) is 1. The molecule has 2 aromatic carbocycles.